The number of hydrogen-bond acceptors (Lipinski definition) is 0. The van der Waals surface area contributed by atoms with E-state index in [4.69, 9.17) is 0 Å². The van der Waals surface area contributed by atoms with E-state index in [9.17, 15) is 0 Å². The van der Waals surface area contributed by atoms with Crippen molar-refractivity contribution in [1.82, 2.24) is 0 Å². The van der Waals surface area contributed by atoms with Crippen molar-refractivity contribution in [2.45, 2.75) is 141 Å². The molecule has 0 aromatic carbocycles. The van der Waals surface area contributed by atoms with Crippen molar-refractivity contribution in [2.24, 2.45) is 65.1 Å². The molecule has 6 aliphatic carbocycles. The van der Waals surface area contributed by atoms with E-state index in [0.29, 0.717) is 0 Å². The van der Waals surface area contributed by atoms with Gasteiger partial charge in [-0.05, 0) is 158 Å². The van der Waals surface area contributed by atoms with Gasteiger partial charge in [-0.1, -0.05) is 81.9 Å². The first-order valence-electron chi connectivity index (χ1n) is 16.7. The SMILES string of the molecule is CC(C)C.CC1=C(C)C2CC1CC2C(C)C.CC1=C(C)C2CC1CC2CC(C)C.CC1=C(C)C2CCC1C2. The van der Waals surface area contributed by atoms with Gasteiger partial charge in [0.15, 0.2) is 0 Å². The summed E-state index contributed by atoms with van der Waals surface area (Å²) in [6, 6.07) is 0. The van der Waals surface area contributed by atoms with E-state index < -0.39 is 0 Å². The van der Waals surface area contributed by atoms with E-state index in [1.807, 2.05) is 0 Å². The van der Waals surface area contributed by atoms with Gasteiger partial charge in [0.1, 0.15) is 0 Å². The molecule has 6 bridgehead atoms. The zero-order chi connectivity index (χ0) is 28.5. The number of allylic oxidation sites excluding steroid dienone is 6. The van der Waals surface area contributed by atoms with Crippen molar-refractivity contribution < 1.29 is 0 Å². The Labute approximate surface area is 239 Å². The Balaban J connectivity index is 0.000000149. The fourth-order valence-electron chi connectivity index (χ4n) is 9.17. The molecule has 6 aliphatic rings. The first kappa shape index (κ1) is 31.7. The highest BCUT2D eigenvalue weighted by Crippen LogP contribution is 2.54. The molecule has 0 saturated heterocycles. The molecule has 3 saturated carbocycles. The molecule has 0 nitrogen and oxygen atoms in total. The lowest BCUT2D eigenvalue weighted by Gasteiger charge is -2.27. The van der Waals surface area contributed by atoms with Gasteiger partial charge in [-0.15, -0.1) is 0 Å². The summed E-state index contributed by atoms with van der Waals surface area (Å²) in [6.45, 7) is 30.0. The van der Waals surface area contributed by atoms with Crippen molar-refractivity contribution in [2.75, 3.05) is 0 Å². The van der Waals surface area contributed by atoms with E-state index in [0.717, 1.165) is 65.1 Å². The van der Waals surface area contributed by atoms with Gasteiger partial charge in [0, 0.05) is 0 Å². The lowest BCUT2D eigenvalue weighted by atomic mass is 9.78. The predicted molar refractivity (Wildman–Crippen MR) is 170 cm³/mol. The Hall–Kier alpha value is -0.780. The summed E-state index contributed by atoms with van der Waals surface area (Å²) in [5, 5.41) is 0. The van der Waals surface area contributed by atoms with Gasteiger partial charge >= 0.3 is 0 Å². The fourth-order valence-corrected chi connectivity index (χ4v) is 9.17. The van der Waals surface area contributed by atoms with Crippen LogP contribution in [0.25, 0.3) is 0 Å². The minimum atomic E-state index is 0.833. The molecule has 0 amide bonds. The first-order chi connectivity index (χ1) is 17.7. The van der Waals surface area contributed by atoms with Gasteiger partial charge in [-0.3, -0.25) is 0 Å². The Bertz CT molecular complexity index is 868. The summed E-state index contributed by atoms with van der Waals surface area (Å²) in [5.41, 5.74) is 10.3. The zero-order valence-electron chi connectivity index (χ0n) is 28.0. The normalized spacial score (nSPS) is 36.3. The average Bonchev–Trinajstić information content (AvgIpc) is 3.66. The fraction of sp³-hybridized carbons (Fsp3) is 0.842. The third-order valence-corrected chi connectivity index (χ3v) is 11.8. The molecular weight excluding hydrogens is 456 g/mol. The molecule has 8 unspecified atom stereocenters. The topological polar surface area (TPSA) is 0 Å². The number of hydrogen-bond donors (Lipinski definition) is 0. The largest absolute Gasteiger partial charge is 0.0710 e. The molecule has 3 fully saturated rings. The molecule has 0 aromatic rings. The number of rotatable bonds is 3. The van der Waals surface area contributed by atoms with Crippen LogP contribution in [0.4, 0.5) is 0 Å². The smallest absolute Gasteiger partial charge is 0.0167 e. The Morgan fingerprint density at radius 2 is 0.921 bits per heavy atom. The Morgan fingerprint density at radius 3 is 1.24 bits per heavy atom. The molecular formula is C38H66. The van der Waals surface area contributed by atoms with Gasteiger partial charge in [-0.2, -0.15) is 0 Å². The van der Waals surface area contributed by atoms with Crippen LogP contribution in [0.2, 0.25) is 0 Å². The van der Waals surface area contributed by atoms with Crippen molar-refractivity contribution >= 4 is 0 Å². The Kier molecular flexibility index (Phi) is 11.1. The van der Waals surface area contributed by atoms with Crippen molar-refractivity contribution in [1.29, 1.82) is 0 Å². The molecule has 0 heteroatoms. The lowest BCUT2D eigenvalue weighted by Crippen LogP contribution is -2.17. The van der Waals surface area contributed by atoms with E-state index in [2.05, 4.69) is 90.0 Å². The van der Waals surface area contributed by atoms with Crippen molar-refractivity contribution in [3.8, 4) is 0 Å². The molecule has 0 heterocycles. The molecule has 0 radical (unpaired) electrons. The van der Waals surface area contributed by atoms with Gasteiger partial charge in [0.05, 0.1) is 0 Å². The Morgan fingerprint density at radius 1 is 0.500 bits per heavy atom. The summed E-state index contributed by atoms with van der Waals surface area (Å²) in [7, 11) is 0. The van der Waals surface area contributed by atoms with E-state index >= 15 is 0 Å². The van der Waals surface area contributed by atoms with Crippen LogP contribution in [-0.4, -0.2) is 0 Å². The number of fused-ring (bicyclic) bond motifs is 6. The monoisotopic (exact) mass is 523 g/mol. The van der Waals surface area contributed by atoms with Gasteiger partial charge in [0.25, 0.3) is 0 Å². The van der Waals surface area contributed by atoms with Crippen molar-refractivity contribution in [3.05, 3.63) is 33.4 Å². The third-order valence-electron chi connectivity index (χ3n) is 11.8. The second-order valence-corrected chi connectivity index (χ2v) is 15.9. The van der Waals surface area contributed by atoms with Gasteiger partial charge in [0.2, 0.25) is 0 Å². The molecule has 218 valence electrons. The van der Waals surface area contributed by atoms with Crippen LogP contribution >= 0.6 is 0 Å². The molecule has 0 spiro atoms. The molecule has 0 aliphatic heterocycles. The van der Waals surface area contributed by atoms with Crippen molar-refractivity contribution in [3.63, 3.8) is 0 Å². The summed E-state index contributed by atoms with van der Waals surface area (Å²) >= 11 is 0. The second kappa shape index (κ2) is 13.3. The summed E-state index contributed by atoms with van der Waals surface area (Å²) in [5.74, 6) is 10.5. The summed E-state index contributed by atoms with van der Waals surface area (Å²) in [6.07, 6.45) is 11.8. The van der Waals surface area contributed by atoms with Gasteiger partial charge in [-0.25, -0.2) is 0 Å². The molecule has 38 heavy (non-hydrogen) atoms. The molecule has 8 atom stereocenters. The third kappa shape index (κ3) is 7.10. The second-order valence-electron chi connectivity index (χ2n) is 15.9. The predicted octanol–water partition coefficient (Wildman–Crippen LogP) is 12.1. The summed E-state index contributed by atoms with van der Waals surface area (Å²) in [4.78, 5) is 0. The molecule has 0 N–H and O–H groups in total. The zero-order valence-corrected chi connectivity index (χ0v) is 28.0. The van der Waals surface area contributed by atoms with Crippen LogP contribution < -0.4 is 0 Å². The molecule has 6 rings (SSSR count). The standard InChI is InChI=1S/C13H22.C12H20.C9H14.C4H10/c1-8(2)5-12-6-11-7-13(12)10(4)9(11)3;1-7(2)11-5-10-6-12(11)9(4)8(10)3;1-6-7(2)9-4-3-8(6)5-9;1-4(2)3/h8,11-13H,5-7H2,1-4H3;7,10-12H,5-6H2,1-4H3;8-9H,3-5H2,1-2H3;4H,1-3H3. The first-order valence-corrected chi connectivity index (χ1v) is 16.7. The lowest BCUT2D eigenvalue weighted by molar-refractivity contribution is 0.316. The maximum atomic E-state index is 2.38. The highest BCUT2D eigenvalue weighted by atomic mass is 14.5. The van der Waals surface area contributed by atoms with E-state index in [1.165, 1.54) is 51.4 Å². The van der Waals surface area contributed by atoms with E-state index in [-0.39, 0.29) is 0 Å². The average molecular weight is 523 g/mol. The van der Waals surface area contributed by atoms with Crippen LogP contribution in [0.15, 0.2) is 33.4 Å². The maximum Gasteiger partial charge on any atom is -0.0167 e. The van der Waals surface area contributed by atoms with Gasteiger partial charge < -0.3 is 0 Å². The maximum absolute atomic E-state index is 2.38. The van der Waals surface area contributed by atoms with Crippen LogP contribution in [-0.2, 0) is 0 Å². The summed E-state index contributed by atoms with van der Waals surface area (Å²) < 4.78 is 0. The molecule has 0 aromatic heterocycles. The van der Waals surface area contributed by atoms with Crippen LogP contribution in [0.5, 0.6) is 0 Å². The highest BCUT2D eigenvalue weighted by Gasteiger charge is 2.43. The van der Waals surface area contributed by atoms with Crippen LogP contribution in [0.3, 0.4) is 0 Å². The van der Waals surface area contributed by atoms with Crippen LogP contribution in [0, 0.1) is 65.1 Å². The quantitative estimate of drug-likeness (QED) is 0.323. The highest BCUT2D eigenvalue weighted by molar-refractivity contribution is 5.28. The minimum absolute atomic E-state index is 0.833. The van der Waals surface area contributed by atoms with Crippen LogP contribution in [0.1, 0.15) is 141 Å². The minimum Gasteiger partial charge on any atom is -0.0710 e. The van der Waals surface area contributed by atoms with E-state index in [1.54, 1.807) is 33.4 Å².